The largest absolute Gasteiger partial charge is 0.465 e. The molecule has 0 bridgehead atoms. The minimum Gasteiger partial charge on any atom is -0.465 e. The third-order valence-corrected chi connectivity index (χ3v) is 5.24. The van der Waals surface area contributed by atoms with Crippen LogP contribution in [0.3, 0.4) is 0 Å². The van der Waals surface area contributed by atoms with Gasteiger partial charge in [-0.2, -0.15) is 0 Å². The first-order valence-corrected chi connectivity index (χ1v) is 9.16. The molecule has 1 spiro atoms. The lowest BCUT2D eigenvalue weighted by molar-refractivity contribution is 0.0796. The van der Waals surface area contributed by atoms with E-state index in [4.69, 9.17) is 9.15 Å². The van der Waals surface area contributed by atoms with Gasteiger partial charge in [0.05, 0.1) is 19.8 Å². The monoisotopic (exact) mass is 342 g/mol. The summed E-state index contributed by atoms with van der Waals surface area (Å²) in [6.07, 6.45) is 5.68. The first-order chi connectivity index (χ1) is 12.3. The number of aromatic nitrogens is 2. The molecule has 0 aliphatic carbocycles. The zero-order valence-corrected chi connectivity index (χ0v) is 14.9. The van der Waals surface area contributed by atoms with Crippen molar-refractivity contribution in [1.82, 2.24) is 14.9 Å². The van der Waals surface area contributed by atoms with E-state index >= 15 is 0 Å². The van der Waals surface area contributed by atoms with E-state index < -0.39 is 0 Å². The van der Waals surface area contributed by atoms with Gasteiger partial charge in [-0.1, -0.05) is 6.92 Å². The molecule has 1 atom stereocenters. The van der Waals surface area contributed by atoms with Gasteiger partial charge in [-0.15, -0.1) is 0 Å². The van der Waals surface area contributed by atoms with Crippen molar-refractivity contribution in [2.24, 2.45) is 5.41 Å². The molecule has 6 nitrogen and oxygen atoms in total. The number of aryl methyl sites for hydroxylation is 1. The van der Waals surface area contributed by atoms with Gasteiger partial charge in [-0.3, -0.25) is 4.90 Å². The van der Waals surface area contributed by atoms with Crippen LogP contribution in [0, 0.1) is 5.41 Å². The number of anilines is 1. The number of rotatable bonds is 4. The number of furan rings is 1. The highest BCUT2D eigenvalue weighted by molar-refractivity contribution is 5.32. The summed E-state index contributed by atoms with van der Waals surface area (Å²) >= 11 is 0. The first-order valence-electron chi connectivity index (χ1n) is 9.16. The average Bonchev–Trinajstić information content (AvgIpc) is 3.21. The zero-order chi connectivity index (χ0) is 17.1. The summed E-state index contributed by atoms with van der Waals surface area (Å²) in [6, 6.07) is 6.05. The Kier molecular flexibility index (Phi) is 4.72. The molecule has 0 aromatic carbocycles. The predicted octanol–water partition coefficient (Wildman–Crippen LogP) is 2.36. The molecule has 0 saturated carbocycles. The van der Waals surface area contributed by atoms with Crippen LogP contribution in [-0.4, -0.2) is 54.3 Å². The van der Waals surface area contributed by atoms with Crippen LogP contribution in [0.15, 0.2) is 35.0 Å². The van der Waals surface area contributed by atoms with Crippen molar-refractivity contribution in [2.75, 3.05) is 44.3 Å². The van der Waals surface area contributed by atoms with Gasteiger partial charge in [-0.25, -0.2) is 9.97 Å². The third-order valence-electron chi connectivity index (χ3n) is 5.24. The third kappa shape index (κ3) is 3.70. The molecule has 25 heavy (non-hydrogen) atoms. The second-order valence-corrected chi connectivity index (χ2v) is 7.21. The lowest BCUT2D eigenvalue weighted by Gasteiger charge is -2.31. The lowest BCUT2D eigenvalue weighted by Crippen LogP contribution is -2.40. The van der Waals surface area contributed by atoms with Crippen LogP contribution >= 0.6 is 0 Å². The molecular weight excluding hydrogens is 316 g/mol. The van der Waals surface area contributed by atoms with Crippen LogP contribution in [0.2, 0.25) is 0 Å². The average molecular weight is 342 g/mol. The van der Waals surface area contributed by atoms with Gasteiger partial charge in [0.1, 0.15) is 11.5 Å². The van der Waals surface area contributed by atoms with Gasteiger partial charge in [0.25, 0.3) is 0 Å². The van der Waals surface area contributed by atoms with Crippen molar-refractivity contribution < 1.29 is 9.15 Å². The van der Waals surface area contributed by atoms with Crippen LogP contribution in [0.1, 0.15) is 24.9 Å². The smallest absolute Gasteiger partial charge is 0.225 e. The summed E-state index contributed by atoms with van der Waals surface area (Å²) in [7, 11) is 0. The molecule has 2 aromatic rings. The Balaban J connectivity index is 1.44. The Morgan fingerprint density at radius 2 is 1.96 bits per heavy atom. The van der Waals surface area contributed by atoms with Crippen LogP contribution in [0.4, 0.5) is 5.95 Å². The number of hydrogen-bond donors (Lipinski definition) is 0. The molecule has 0 unspecified atom stereocenters. The second-order valence-electron chi connectivity index (χ2n) is 7.21. The maximum absolute atomic E-state index is 5.97. The van der Waals surface area contributed by atoms with E-state index in [1.807, 2.05) is 18.5 Å². The zero-order valence-electron chi connectivity index (χ0n) is 14.9. The van der Waals surface area contributed by atoms with Gasteiger partial charge >= 0.3 is 0 Å². The molecular formula is C19H26N4O2. The Morgan fingerprint density at radius 3 is 2.76 bits per heavy atom. The molecule has 4 rings (SSSR count). The number of nitrogens with zero attached hydrogens (tertiary/aromatic N) is 4. The fourth-order valence-electron chi connectivity index (χ4n) is 3.94. The number of hydrogen-bond acceptors (Lipinski definition) is 6. The van der Waals surface area contributed by atoms with Gasteiger partial charge in [0.2, 0.25) is 5.95 Å². The highest BCUT2D eigenvalue weighted by Gasteiger charge is 2.42. The Hall–Kier alpha value is -1.92. The molecule has 6 heteroatoms. The standard InChI is InChI=1S/C19H26N4O2/c1-2-16-4-5-17(25-16)12-22-10-11-24-15-19(13-22)6-9-23(14-19)18-20-7-3-8-21-18/h3-5,7-8H,2,6,9-15H2,1H3/t19-/m1/s1. The van der Waals surface area contributed by atoms with Crippen LogP contribution in [0.25, 0.3) is 0 Å². The second kappa shape index (κ2) is 7.14. The SMILES string of the molecule is CCc1ccc(CN2CCOC[C@]3(CCN(c4ncccn4)C3)C2)o1. The predicted molar refractivity (Wildman–Crippen MR) is 95.5 cm³/mol. The first kappa shape index (κ1) is 16.5. The lowest BCUT2D eigenvalue weighted by atomic mass is 9.87. The Labute approximate surface area is 148 Å². The molecule has 134 valence electrons. The summed E-state index contributed by atoms with van der Waals surface area (Å²) in [4.78, 5) is 13.6. The molecule has 2 saturated heterocycles. The molecule has 2 aromatic heterocycles. The van der Waals surface area contributed by atoms with Gasteiger partial charge in [-0.05, 0) is 24.6 Å². The van der Waals surface area contributed by atoms with Crippen LogP contribution < -0.4 is 4.90 Å². The van der Waals surface area contributed by atoms with E-state index in [1.54, 1.807) is 0 Å². The van der Waals surface area contributed by atoms with E-state index in [-0.39, 0.29) is 5.41 Å². The van der Waals surface area contributed by atoms with E-state index in [9.17, 15) is 0 Å². The topological polar surface area (TPSA) is 54.6 Å². The molecule has 4 heterocycles. The molecule has 0 radical (unpaired) electrons. The summed E-state index contributed by atoms with van der Waals surface area (Å²) in [5.41, 5.74) is 0.149. The fourth-order valence-corrected chi connectivity index (χ4v) is 3.94. The quantitative estimate of drug-likeness (QED) is 0.850. The summed E-state index contributed by atoms with van der Waals surface area (Å²) in [5.74, 6) is 2.94. The van der Waals surface area contributed by atoms with Gasteiger partial charge < -0.3 is 14.1 Å². The molecule has 0 amide bonds. The van der Waals surface area contributed by atoms with E-state index in [2.05, 4.69) is 38.8 Å². The van der Waals surface area contributed by atoms with Crippen LogP contribution in [-0.2, 0) is 17.7 Å². The summed E-state index contributed by atoms with van der Waals surface area (Å²) in [6.45, 7) is 8.48. The van der Waals surface area contributed by atoms with Crippen molar-refractivity contribution in [1.29, 1.82) is 0 Å². The van der Waals surface area contributed by atoms with Gasteiger partial charge in [0.15, 0.2) is 0 Å². The summed E-state index contributed by atoms with van der Waals surface area (Å²) < 4.78 is 11.9. The Bertz CT molecular complexity index is 690. The molecule has 0 N–H and O–H groups in total. The number of ether oxygens (including phenoxy) is 1. The van der Waals surface area contributed by atoms with E-state index in [0.29, 0.717) is 0 Å². The Morgan fingerprint density at radius 1 is 1.12 bits per heavy atom. The van der Waals surface area contributed by atoms with Crippen molar-refractivity contribution in [3.63, 3.8) is 0 Å². The van der Waals surface area contributed by atoms with Crippen LogP contribution in [0.5, 0.6) is 0 Å². The normalized spacial score (nSPS) is 24.8. The van der Waals surface area contributed by atoms with Crippen molar-refractivity contribution in [2.45, 2.75) is 26.3 Å². The highest BCUT2D eigenvalue weighted by Crippen LogP contribution is 2.35. The minimum atomic E-state index is 0.149. The van der Waals surface area contributed by atoms with Gasteiger partial charge in [0, 0.05) is 50.4 Å². The van der Waals surface area contributed by atoms with Crippen molar-refractivity contribution in [3.8, 4) is 0 Å². The minimum absolute atomic E-state index is 0.149. The maximum Gasteiger partial charge on any atom is 0.225 e. The molecule has 2 aliphatic rings. The fraction of sp³-hybridized carbons (Fsp3) is 0.579. The van der Waals surface area contributed by atoms with E-state index in [0.717, 1.165) is 76.2 Å². The maximum atomic E-state index is 5.97. The highest BCUT2D eigenvalue weighted by atomic mass is 16.5. The summed E-state index contributed by atoms with van der Waals surface area (Å²) in [5, 5.41) is 0. The van der Waals surface area contributed by atoms with Crippen molar-refractivity contribution >= 4 is 5.95 Å². The molecule has 2 fully saturated rings. The van der Waals surface area contributed by atoms with E-state index in [1.165, 1.54) is 0 Å². The molecule has 2 aliphatic heterocycles. The van der Waals surface area contributed by atoms with Crippen molar-refractivity contribution in [3.05, 3.63) is 42.1 Å².